The molecule has 1 saturated heterocycles. The number of nitrogens with zero attached hydrogens (tertiary/aromatic N) is 4. The molecule has 0 aromatic carbocycles. The van der Waals surface area contributed by atoms with Gasteiger partial charge in [0.2, 0.25) is 17.1 Å². The first-order chi connectivity index (χ1) is 18.5. The second-order valence-electron chi connectivity index (χ2n) is 12.7. The van der Waals surface area contributed by atoms with Crippen molar-refractivity contribution in [3.05, 3.63) is 23.8 Å². The Kier molecular flexibility index (Phi) is 9.77. The number of halogens is 1. The van der Waals surface area contributed by atoms with Gasteiger partial charge in [-0.1, -0.05) is 32.9 Å². The van der Waals surface area contributed by atoms with Gasteiger partial charge in [-0.05, 0) is 68.8 Å². The highest BCUT2D eigenvalue weighted by Crippen LogP contribution is 2.56. The minimum atomic E-state index is -2.04. The van der Waals surface area contributed by atoms with Gasteiger partial charge in [-0.3, -0.25) is 4.57 Å². The SMILES string of the molecule is C=C(C)[C@H]1CC[C@@](C)(S[P+](=S)OC2C[C@H](n3cnc4c(N)nc(Cl)nc43)O[C@@H]2CO[Si](C)(C)C(C)(C)C)[C@H](O)C1. The normalized spacial score (nSPS) is 30.1. The summed E-state index contributed by atoms with van der Waals surface area (Å²) in [6, 6.07) is 0. The van der Waals surface area contributed by atoms with Crippen LogP contribution in [0.3, 0.4) is 0 Å². The quantitative estimate of drug-likeness (QED) is 0.131. The van der Waals surface area contributed by atoms with Crippen molar-refractivity contribution >= 4 is 66.2 Å². The Morgan fingerprint density at radius 2 is 2.10 bits per heavy atom. The minimum absolute atomic E-state index is 0.0500. The van der Waals surface area contributed by atoms with Crippen molar-refractivity contribution in [3.8, 4) is 0 Å². The van der Waals surface area contributed by atoms with Crippen LogP contribution in [0.25, 0.3) is 11.2 Å². The van der Waals surface area contributed by atoms with E-state index in [0.29, 0.717) is 36.5 Å². The van der Waals surface area contributed by atoms with E-state index in [1.165, 1.54) is 0 Å². The van der Waals surface area contributed by atoms with E-state index in [2.05, 4.69) is 62.3 Å². The Hall–Kier alpha value is -0.693. The van der Waals surface area contributed by atoms with Crippen LogP contribution in [0.1, 0.15) is 66.5 Å². The largest absolute Gasteiger partial charge is 0.415 e. The van der Waals surface area contributed by atoms with E-state index in [-0.39, 0.29) is 33.1 Å². The van der Waals surface area contributed by atoms with Crippen LogP contribution >= 0.6 is 29.1 Å². The molecule has 4 rings (SSSR count). The summed E-state index contributed by atoms with van der Waals surface area (Å²) in [6.45, 7) is 19.7. The number of rotatable bonds is 9. The molecule has 0 amide bonds. The molecule has 3 N–H and O–H groups in total. The third-order valence-electron chi connectivity index (χ3n) is 8.73. The molecule has 9 nitrogen and oxygen atoms in total. The number of ether oxygens (including phenoxy) is 1. The Morgan fingerprint density at radius 3 is 2.73 bits per heavy atom. The van der Waals surface area contributed by atoms with Crippen molar-refractivity contribution in [2.45, 2.75) is 108 Å². The number of aliphatic hydroxyl groups excluding tert-OH is 1. The van der Waals surface area contributed by atoms with Crippen LogP contribution in [0.5, 0.6) is 0 Å². The standard InChI is InChI=1S/C26H42ClN5O4PS2Si/c1-15(2)16-9-10-26(6,19(33)11-16)39-37(38)36-17-12-20(35-18(17)13-34-40(7,8)25(3,4)5)32-14-29-21-22(28)30-24(27)31-23(21)32/h14,16-20,33H,1,9-13H2,2-8H3,(H2,28,30,31)/q+1/t16-,17?,18+,19+,20+,26+/m0/s1. The summed E-state index contributed by atoms with van der Waals surface area (Å²) < 4.78 is 21.1. The van der Waals surface area contributed by atoms with Gasteiger partial charge in [-0.25, -0.2) is 4.98 Å². The maximum absolute atomic E-state index is 11.0. The number of anilines is 1. The fourth-order valence-corrected chi connectivity index (χ4v) is 11.3. The van der Waals surface area contributed by atoms with E-state index in [9.17, 15) is 5.11 Å². The Labute approximate surface area is 253 Å². The van der Waals surface area contributed by atoms with Crippen LogP contribution in [0.2, 0.25) is 23.4 Å². The van der Waals surface area contributed by atoms with Crippen molar-refractivity contribution in [2.24, 2.45) is 5.92 Å². The molecular formula is C26H42ClN5O4PS2Si+. The van der Waals surface area contributed by atoms with Crippen LogP contribution < -0.4 is 5.73 Å². The molecule has 7 atom stereocenters. The molecule has 1 aliphatic heterocycles. The van der Waals surface area contributed by atoms with E-state index in [4.69, 9.17) is 42.8 Å². The topological polar surface area (TPSA) is 118 Å². The predicted molar refractivity (Wildman–Crippen MR) is 170 cm³/mol. The van der Waals surface area contributed by atoms with Gasteiger partial charge < -0.3 is 20.0 Å². The summed E-state index contributed by atoms with van der Waals surface area (Å²) in [7, 11) is -2.04. The van der Waals surface area contributed by atoms with Crippen LogP contribution in [0.15, 0.2) is 18.5 Å². The Morgan fingerprint density at radius 1 is 1.40 bits per heavy atom. The third kappa shape index (κ3) is 6.92. The van der Waals surface area contributed by atoms with Gasteiger partial charge in [0, 0.05) is 6.42 Å². The predicted octanol–water partition coefficient (Wildman–Crippen LogP) is 6.76. The number of nitrogens with two attached hydrogens (primary N) is 1. The van der Waals surface area contributed by atoms with Crippen molar-refractivity contribution in [1.29, 1.82) is 0 Å². The summed E-state index contributed by atoms with van der Waals surface area (Å²) in [6.07, 6.45) is 1.89. The molecule has 1 saturated carbocycles. The summed E-state index contributed by atoms with van der Waals surface area (Å²) in [5.41, 5.74) is 8.14. The van der Waals surface area contributed by atoms with Crippen LogP contribution in [0, 0.1) is 5.92 Å². The second-order valence-corrected chi connectivity index (χ2v) is 22.9. The zero-order valence-corrected chi connectivity index (χ0v) is 28.7. The van der Waals surface area contributed by atoms with Crippen molar-refractivity contribution in [2.75, 3.05) is 12.3 Å². The molecule has 2 fully saturated rings. The van der Waals surface area contributed by atoms with Gasteiger partial charge in [-0.2, -0.15) is 14.5 Å². The van der Waals surface area contributed by atoms with E-state index in [1.807, 2.05) is 11.5 Å². The first-order valence-electron chi connectivity index (χ1n) is 13.6. The third-order valence-corrected chi connectivity index (χ3v) is 17.8. The number of imidazole rings is 1. The smallest absolute Gasteiger partial charge is 0.414 e. The molecule has 0 bridgehead atoms. The van der Waals surface area contributed by atoms with Crippen molar-refractivity contribution in [1.82, 2.24) is 19.5 Å². The average Bonchev–Trinajstić information content (AvgIpc) is 3.42. The Balaban J connectivity index is 1.52. The lowest BCUT2D eigenvalue weighted by Gasteiger charge is -2.38. The van der Waals surface area contributed by atoms with Gasteiger partial charge in [0.05, 0.1) is 23.8 Å². The minimum Gasteiger partial charge on any atom is -0.414 e. The monoisotopic (exact) mass is 646 g/mol. The lowest BCUT2D eigenvalue weighted by molar-refractivity contribution is -0.0347. The second kappa shape index (κ2) is 12.1. The maximum atomic E-state index is 11.0. The van der Waals surface area contributed by atoms with E-state index >= 15 is 0 Å². The van der Waals surface area contributed by atoms with Crippen molar-refractivity contribution < 1.29 is 18.8 Å². The molecule has 222 valence electrons. The highest BCUT2D eigenvalue weighted by Gasteiger charge is 2.49. The Bertz CT molecular complexity index is 1280. The highest BCUT2D eigenvalue weighted by atomic mass is 35.5. The van der Waals surface area contributed by atoms with Crippen LogP contribution in [0.4, 0.5) is 5.82 Å². The number of allylic oxidation sites excluding steroid dienone is 1. The fraction of sp³-hybridized carbons (Fsp3) is 0.731. The van der Waals surface area contributed by atoms with Crippen molar-refractivity contribution in [3.63, 3.8) is 0 Å². The number of nitrogen functional groups attached to an aromatic ring is 1. The molecule has 2 unspecified atom stereocenters. The molecule has 2 aromatic rings. The van der Waals surface area contributed by atoms with Gasteiger partial charge in [0.25, 0.3) is 0 Å². The molecule has 2 aliphatic rings. The number of hydrogen-bond acceptors (Lipinski definition) is 10. The molecule has 0 radical (unpaired) electrons. The molecule has 0 spiro atoms. The summed E-state index contributed by atoms with van der Waals surface area (Å²) in [5.74, 6) is 0.564. The molecule has 40 heavy (non-hydrogen) atoms. The lowest BCUT2D eigenvalue weighted by atomic mass is 9.77. The van der Waals surface area contributed by atoms with E-state index in [0.717, 1.165) is 18.4 Å². The molecule has 3 heterocycles. The molecule has 2 aromatic heterocycles. The maximum Gasteiger partial charge on any atom is 0.415 e. The first-order valence-corrected chi connectivity index (χ1v) is 20.6. The highest BCUT2D eigenvalue weighted by molar-refractivity contribution is 8.63. The number of aliphatic hydroxyl groups is 1. The number of aromatic nitrogens is 4. The molecule has 1 aliphatic carbocycles. The summed E-state index contributed by atoms with van der Waals surface area (Å²) in [4.78, 5) is 12.8. The number of fused-ring (bicyclic) bond motifs is 1. The molecular weight excluding hydrogens is 605 g/mol. The van der Waals surface area contributed by atoms with Crippen LogP contribution in [-0.4, -0.2) is 62.6 Å². The lowest BCUT2D eigenvalue weighted by Crippen LogP contribution is -2.44. The average molecular weight is 647 g/mol. The first kappa shape index (κ1) is 32.2. The summed E-state index contributed by atoms with van der Waals surface area (Å²) in [5, 5.41) is 11.1. The van der Waals surface area contributed by atoms with E-state index in [1.54, 1.807) is 17.7 Å². The van der Waals surface area contributed by atoms with Crippen LogP contribution in [-0.2, 0) is 25.5 Å². The van der Waals surface area contributed by atoms with Gasteiger partial charge in [0.1, 0.15) is 35.3 Å². The van der Waals surface area contributed by atoms with Gasteiger partial charge >= 0.3 is 6.13 Å². The summed E-state index contributed by atoms with van der Waals surface area (Å²) >= 11 is 13.6. The molecule has 14 heteroatoms. The van der Waals surface area contributed by atoms with Gasteiger partial charge in [0.15, 0.2) is 19.8 Å². The number of hydrogen-bond donors (Lipinski definition) is 2. The zero-order valence-electron chi connectivity index (χ0n) is 24.4. The van der Waals surface area contributed by atoms with Gasteiger partial charge in [-0.15, -0.1) is 0 Å². The zero-order chi connectivity index (χ0) is 29.6. The van der Waals surface area contributed by atoms with E-state index < -0.39 is 26.8 Å². The fourth-order valence-electron chi connectivity index (χ4n) is 4.88.